The summed E-state index contributed by atoms with van der Waals surface area (Å²) in [7, 11) is 0. The Morgan fingerprint density at radius 2 is 1.46 bits per heavy atom. The maximum atomic E-state index is 12.5. The zero-order valence-electron chi connectivity index (χ0n) is 13.0. The summed E-state index contributed by atoms with van der Waals surface area (Å²) in [6, 6.07) is 14.6. The number of benzene rings is 2. The van der Waals surface area contributed by atoms with E-state index in [0.717, 1.165) is 3.57 Å². The second kappa shape index (κ2) is 7.66. The monoisotopic (exact) mass is 453 g/mol. The molecule has 1 fully saturated rings. The molecular weight excluding hydrogens is 437 g/mol. The van der Waals surface area contributed by atoms with E-state index in [4.69, 9.17) is 11.6 Å². The van der Waals surface area contributed by atoms with Crippen molar-refractivity contribution < 1.29 is 9.59 Å². The Hall–Kier alpha value is -1.40. The van der Waals surface area contributed by atoms with Crippen LogP contribution in [0.2, 0.25) is 5.02 Å². The van der Waals surface area contributed by atoms with Gasteiger partial charge in [0.05, 0.1) is 0 Å². The highest BCUT2D eigenvalue weighted by Gasteiger charge is 2.28. The quantitative estimate of drug-likeness (QED) is 0.500. The van der Waals surface area contributed by atoms with Crippen molar-refractivity contribution in [3.8, 4) is 0 Å². The van der Waals surface area contributed by atoms with Gasteiger partial charge in [0.15, 0.2) is 5.78 Å². The lowest BCUT2D eigenvalue weighted by atomic mass is 9.88. The van der Waals surface area contributed by atoms with Crippen LogP contribution in [0.5, 0.6) is 0 Å². The maximum Gasteiger partial charge on any atom is 0.253 e. The number of carbonyl (C=O) groups is 2. The van der Waals surface area contributed by atoms with Gasteiger partial charge in [0.25, 0.3) is 5.91 Å². The summed E-state index contributed by atoms with van der Waals surface area (Å²) in [5.74, 6) is 0.170. The molecule has 124 valence electrons. The molecule has 0 aromatic heterocycles. The zero-order valence-corrected chi connectivity index (χ0v) is 16.0. The van der Waals surface area contributed by atoms with Gasteiger partial charge in [-0.25, -0.2) is 0 Å². The van der Waals surface area contributed by atoms with E-state index in [1.165, 1.54) is 0 Å². The van der Waals surface area contributed by atoms with Crippen molar-refractivity contribution >= 4 is 45.9 Å². The van der Waals surface area contributed by atoms with Crippen LogP contribution in [0.3, 0.4) is 0 Å². The number of Topliss-reactive ketones (excluding diaryl/α,β-unsaturated/α-hetero) is 1. The molecule has 0 spiro atoms. The SMILES string of the molecule is O=C(c1ccc(Cl)cc1)C1CCN(C(=O)c2ccc(I)cc2)CC1. The van der Waals surface area contributed by atoms with Gasteiger partial charge < -0.3 is 4.90 Å². The van der Waals surface area contributed by atoms with Crippen LogP contribution >= 0.6 is 34.2 Å². The number of ketones is 1. The molecule has 5 heteroatoms. The van der Waals surface area contributed by atoms with Gasteiger partial charge in [0, 0.05) is 38.7 Å². The van der Waals surface area contributed by atoms with Crippen LogP contribution in [0.15, 0.2) is 48.5 Å². The first-order chi connectivity index (χ1) is 11.5. The van der Waals surface area contributed by atoms with Gasteiger partial charge in [-0.3, -0.25) is 9.59 Å². The van der Waals surface area contributed by atoms with Crippen LogP contribution in [0.4, 0.5) is 0 Å². The number of hydrogen-bond acceptors (Lipinski definition) is 2. The van der Waals surface area contributed by atoms with Crippen LogP contribution in [0.1, 0.15) is 33.6 Å². The predicted molar refractivity (Wildman–Crippen MR) is 104 cm³/mol. The van der Waals surface area contributed by atoms with E-state index in [2.05, 4.69) is 22.6 Å². The van der Waals surface area contributed by atoms with Crippen LogP contribution in [-0.2, 0) is 0 Å². The standard InChI is InChI=1S/C19H17ClINO2/c20-16-5-1-13(2-6-16)18(23)14-9-11-22(12-10-14)19(24)15-3-7-17(21)8-4-15/h1-8,14H,9-12H2. The summed E-state index contributed by atoms with van der Waals surface area (Å²) in [6.07, 6.45) is 1.41. The molecule has 0 bridgehead atoms. The molecule has 0 aliphatic carbocycles. The van der Waals surface area contributed by atoms with E-state index in [1.54, 1.807) is 24.3 Å². The van der Waals surface area contributed by atoms with Gasteiger partial charge in [-0.15, -0.1) is 0 Å². The zero-order chi connectivity index (χ0) is 17.1. The molecule has 0 N–H and O–H groups in total. The van der Waals surface area contributed by atoms with Gasteiger partial charge in [-0.05, 0) is 84.0 Å². The van der Waals surface area contributed by atoms with E-state index in [0.29, 0.717) is 42.1 Å². The highest BCUT2D eigenvalue weighted by molar-refractivity contribution is 14.1. The Balaban J connectivity index is 1.61. The fourth-order valence-electron chi connectivity index (χ4n) is 2.97. The number of rotatable bonds is 3. The fraction of sp³-hybridized carbons (Fsp3) is 0.263. The lowest BCUT2D eigenvalue weighted by Crippen LogP contribution is -2.40. The van der Waals surface area contributed by atoms with Crippen LogP contribution in [-0.4, -0.2) is 29.7 Å². The number of halogens is 2. The number of hydrogen-bond donors (Lipinski definition) is 0. The Morgan fingerprint density at radius 3 is 2.04 bits per heavy atom. The van der Waals surface area contributed by atoms with Gasteiger partial charge >= 0.3 is 0 Å². The average Bonchev–Trinajstić information content (AvgIpc) is 2.62. The number of piperidine rings is 1. The maximum absolute atomic E-state index is 12.5. The summed E-state index contributed by atoms with van der Waals surface area (Å²) in [4.78, 5) is 26.9. The normalized spacial score (nSPS) is 15.3. The molecule has 2 aromatic carbocycles. The molecule has 3 nitrogen and oxygen atoms in total. The highest BCUT2D eigenvalue weighted by atomic mass is 127. The minimum Gasteiger partial charge on any atom is -0.339 e. The van der Waals surface area contributed by atoms with Crippen molar-refractivity contribution in [3.63, 3.8) is 0 Å². The van der Waals surface area contributed by atoms with Crippen LogP contribution in [0, 0.1) is 9.49 Å². The van der Waals surface area contributed by atoms with Crippen molar-refractivity contribution in [1.82, 2.24) is 4.90 Å². The second-order valence-corrected chi connectivity index (χ2v) is 7.63. The van der Waals surface area contributed by atoms with Crippen molar-refractivity contribution in [2.24, 2.45) is 5.92 Å². The highest BCUT2D eigenvalue weighted by Crippen LogP contribution is 2.24. The van der Waals surface area contributed by atoms with Gasteiger partial charge in [-0.2, -0.15) is 0 Å². The molecule has 24 heavy (non-hydrogen) atoms. The van der Waals surface area contributed by atoms with E-state index >= 15 is 0 Å². The average molecular weight is 454 g/mol. The molecule has 1 aliphatic rings. The third-order valence-corrected chi connectivity index (χ3v) is 5.34. The number of nitrogens with zero attached hydrogens (tertiary/aromatic N) is 1. The van der Waals surface area contributed by atoms with Crippen LogP contribution in [0.25, 0.3) is 0 Å². The Kier molecular flexibility index (Phi) is 5.56. The molecule has 2 aromatic rings. The Labute approximate surface area is 160 Å². The first kappa shape index (κ1) is 17.4. The minimum absolute atomic E-state index is 0.0213. The minimum atomic E-state index is -0.0213. The Bertz CT molecular complexity index is 669. The first-order valence-corrected chi connectivity index (χ1v) is 9.35. The molecule has 1 heterocycles. The number of likely N-dealkylation sites (tertiary alicyclic amines) is 1. The van der Waals surface area contributed by atoms with Crippen molar-refractivity contribution in [2.45, 2.75) is 12.8 Å². The third-order valence-electron chi connectivity index (χ3n) is 4.37. The second-order valence-electron chi connectivity index (χ2n) is 5.94. The lowest BCUT2D eigenvalue weighted by molar-refractivity contribution is 0.0650. The third kappa shape index (κ3) is 3.98. The molecular formula is C19H17ClINO2. The van der Waals surface area contributed by atoms with E-state index in [-0.39, 0.29) is 17.6 Å². The van der Waals surface area contributed by atoms with Crippen molar-refractivity contribution in [2.75, 3.05) is 13.1 Å². The summed E-state index contributed by atoms with van der Waals surface area (Å²) in [6.45, 7) is 1.24. The molecule has 1 aliphatic heterocycles. The molecule has 0 atom stereocenters. The van der Waals surface area contributed by atoms with E-state index in [9.17, 15) is 9.59 Å². The Morgan fingerprint density at radius 1 is 0.917 bits per heavy atom. The van der Waals surface area contributed by atoms with Crippen molar-refractivity contribution in [3.05, 3.63) is 68.3 Å². The largest absolute Gasteiger partial charge is 0.339 e. The van der Waals surface area contributed by atoms with Gasteiger partial charge in [-0.1, -0.05) is 11.6 Å². The summed E-state index contributed by atoms with van der Waals surface area (Å²) in [5.41, 5.74) is 1.40. The molecule has 0 unspecified atom stereocenters. The molecule has 1 saturated heterocycles. The lowest BCUT2D eigenvalue weighted by Gasteiger charge is -2.31. The van der Waals surface area contributed by atoms with Crippen molar-refractivity contribution in [1.29, 1.82) is 0 Å². The molecule has 0 saturated carbocycles. The fourth-order valence-corrected chi connectivity index (χ4v) is 3.46. The summed E-state index contributed by atoms with van der Waals surface area (Å²) < 4.78 is 1.11. The predicted octanol–water partition coefficient (Wildman–Crippen LogP) is 4.68. The number of carbonyl (C=O) groups excluding carboxylic acids is 2. The van der Waals surface area contributed by atoms with E-state index in [1.807, 2.05) is 29.2 Å². The smallest absolute Gasteiger partial charge is 0.253 e. The summed E-state index contributed by atoms with van der Waals surface area (Å²) in [5, 5.41) is 0.629. The van der Waals surface area contributed by atoms with E-state index < -0.39 is 0 Å². The van der Waals surface area contributed by atoms with Crippen LogP contribution < -0.4 is 0 Å². The van der Waals surface area contributed by atoms with Gasteiger partial charge in [0.2, 0.25) is 0 Å². The van der Waals surface area contributed by atoms with Gasteiger partial charge in [0.1, 0.15) is 0 Å². The summed E-state index contributed by atoms with van der Waals surface area (Å²) >= 11 is 8.09. The topological polar surface area (TPSA) is 37.4 Å². The number of amides is 1. The molecule has 1 amide bonds. The molecule has 0 radical (unpaired) electrons. The molecule has 3 rings (SSSR count). The first-order valence-electron chi connectivity index (χ1n) is 7.89.